The predicted molar refractivity (Wildman–Crippen MR) is 56.9 cm³/mol. The van der Waals surface area contributed by atoms with Crippen molar-refractivity contribution < 1.29 is 4.79 Å². The van der Waals surface area contributed by atoms with Gasteiger partial charge in [-0.1, -0.05) is 15.9 Å². The number of hydrogen-bond donors (Lipinski definition) is 1. The lowest BCUT2D eigenvalue weighted by Crippen LogP contribution is -2.32. The van der Waals surface area contributed by atoms with Crippen LogP contribution >= 0.6 is 15.9 Å². The molecule has 1 aromatic rings. The van der Waals surface area contributed by atoms with Gasteiger partial charge in [0, 0.05) is 17.2 Å². The van der Waals surface area contributed by atoms with Gasteiger partial charge in [0.05, 0.1) is 0 Å². The number of benzene rings is 1. The first-order valence-corrected chi connectivity index (χ1v) is 4.61. The van der Waals surface area contributed by atoms with Gasteiger partial charge in [-0.3, -0.25) is 4.90 Å². The molecule has 1 rings (SSSR count). The number of hydrogen-bond acceptors (Lipinski definition) is 1. The molecule has 13 heavy (non-hydrogen) atoms. The van der Waals surface area contributed by atoms with Crippen LogP contribution in [0.2, 0.25) is 0 Å². The van der Waals surface area contributed by atoms with Crippen molar-refractivity contribution >= 4 is 27.6 Å². The van der Waals surface area contributed by atoms with E-state index < -0.39 is 6.03 Å². The monoisotopic (exact) mass is 242 g/mol. The number of nitrogens with two attached hydrogens (primary N) is 1. The van der Waals surface area contributed by atoms with E-state index in [2.05, 4.69) is 15.9 Å². The second-order valence-electron chi connectivity index (χ2n) is 2.83. The van der Waals surface area contributed by atoms with E-state index in [0.717, 1.165) is 15.7 Å². The highest BCUT2D eigenvalue weighted by Crippen LogP contribution is 2.22. The van der Waals surface area contributed by atoms with Gasteiger partial charge in [-0.25, -0.2) is 4.79 Å². The van der Waals surface area contributed by atoms with Crippen molar-refractivity contribution in [3.05, 3.63) is 28.2 Å². The van der Waals surface area contributed by atoms with Gasteiger partial charge in [0.1, 0.15) is 0 Å². The van der Waals surface area contributed by atoms with Crippen molar-refractivity contribution in [3.8, 4) is 0 Å². The summed E-state index contributed by atoms with van der Waals surface area (Å²) in [6.07, 6.45) is 0. The number of nitrogens with zero attached hydrogens (tertiary/aromatic N) is 1. The van der Waals surface area contributed by atoms with Gasteiger partial charge in [-0.05, 0) is 30.7 Å². The Morgan fingerprint density at radius 1 is 1.54 bits per heavy atom. The molecule has 0 aliphatic heterocycles. The van der Waals surface area contributed by atoms with Gasteiger partial charge in [0.2, 0.25) is 0 Å². The molecular weight excluding hydrogens is 232 g/mol. The average molecular weight is 243 g/mol. The minimum atomic E-state index is -0.453. The number of rotatable bonds is 1. The summed E-state index contributed by atoms with van der Waals surface area (Å²) in [6, 6.07) is 5.21. The Morgan fingerprint density at radius 3 is 2.62 bits per heavy atom. The maximum absolute atomic E-state index is 10.9. The van der Waals surface area contributed by atoms with E-state index in [1.165, 1.54) is 4.90 Å². The zero-order chi connectivity index (χ0) is 10.0. The van der Waals surface area contributed by atoms with Crippen molar-refractivity contribution in [1.82, 2.24) is 0 Å². The largest absolute Gasteiger partial charge is 0.351 e. The molecule has 0 atom stereocenters. The fourth-order valence-corrected chi connectivity index (χ4v) is 1.59. The van der Waals surface area contributed by atoms with Crippen LogP contribution in [-0.2, 0) is 0 Å². The van der Waals surface area contributed by atoms with Crippen LogP contribution in [0.4, 0.5) is 10.5 Å². The molecule has 0 bridgehead atoms. The Morgan fingerprint density at radius 2 is 2.15 bits per heavy atom. The maximum Gasteiger partial charge on any atom is 0.319 e. The molecule has 3 nitrogen and oxygen atoms in total. The summed E-state index contributed by atoms with van der Waals surface area (Å²) in [5, 5.41) is 0. The summed E-state index contributed by atoms with van der Waals surface area (Å²) >= 11 is 3.35. The number of anilines is 1. The van der Waals surface area contributed by atoms with Crippen LogP contribution in [0.3, 0.4) is 0 Å². The number of primary amides is 1. The minimum Gasteiger partial charge on any atom is -0.351 e. The molecule has 4 heteroatoms. The van der Waals surface area contributed by atoms with Crippen molar-refractivity contribution in [2.75, 3.05) is 11.9 Å². The van der Waals surface area contributed by atoms with E-state index in [-0.39, 0.29) is 0 Å². The van der Waals surface area contributed by atoms with Crippen molar-refractivity contribution in [3.63, 3.8) is 0 Å². The third kappa shape index (κ3) is 2.21. The van der Waals surface area contributed by atoms with Gasteiger partial charge < -0.3 is 5.73 Å². The molecule has 0 radical (unpaired) electrons. The van der Waals surface area contributed by atoms with Crippen LogP contribution in [0.1, 0.15) is 5.56 Å². The fourth-order valence-electron chi connectivity index (χ4n) is 1.11. The topological polar surface area (TPSA) is 46.3 Å². The SMILES string of the molecule is Cc1cc(Br)ccc1N(C)C(N)=O. The molecule has 0 fully saturated rings. The summed E-state index contributed by atoms with van der Waals surface area (Å²) in [6.45, 7) is 1.93. The Hall–Kier alpha value is -1.03. The van der Waals surface area contributed by atoms with Gasteiger partial charge in [-0.2, -0.15) is 0 Å². The zero-order valence-corrected chi connectivity index (χ0v) is 9.13. The highest BCUT2D eigenvalue weighted by atomic mass is 79.9. The molecule has 2 amide bonds. The van der Waals surface area contributed by atoms with Gasteiger partial charge >= 0.3 is 6.03 Å². The van der Waals surface area contributed by atoms with Gasteiger partial charge in [-0.15, -0.1) is 0 Å². The summed E-state index contributed by atoms with van der Waals surface area (Å²) in [5.41, 5.74) is 6.99. The van der Waals surface area contributed by atoms with E-state index >= 15 is 0 Å². The normalized spacial score (nSPS) is 9.77. The van der Waals surface area contributed by atoms with Crippen LogP contribution in [0.5, 0.6) is 0 Å². The van der Waals surface area contributed by atoms with E-state index in [4.69, 9.17) is 5.73 Å². The Labute approximate surface area is 85.7 Å². The first-order valence-electron chi connectivity index (χ1n) is 3.81. The third-order valence-electron chi connectivity index (χ3n) is 1.85. The third-order valence-corrected chi connectivity index (χ3v) is 2.34. The van der Waals surface area contributed by atoms with Crippen LogP contribution in [-0.4, -0.2) is 13.1 Å². The number of urea groups is 1. The van der Waals surface area contributed by atoms with Crippen LogP contribution in [0.25, 0.3) is 0 Å². The lowest BCUT2D eigenvalue weighted by molar-refractivity contribution is 0.255. The molecule has 0 saturated heterocycles. The Kier molecular flexibility index (Phi) is 2.93. The number of amides is 2. The highest BCUT2D eigenvalue weighted by Gasteiger charge is 2.08. The lowest BCUT2D eigenvalue weighted by Gasteiger charge is -2.16. The van der Waals surface area contributed by atoms with Crippen LogP contribution in [0.15, 0.2) is 22.7 Å². The molecular formula is C9H11BrN2O. The molecule has 2 N–H and O–H groups in total. The molecule has 0 aliphatic carbocycles. The van der Waals surface area contributed by atoms with Crippen molar-refractivity contribution in [1.29, 1.82) is 0 Å². The fraction of sp³-hybridized carbons (Fsp3) is 0.222. The van der Waals surface area contributed by atoms with Crippen molar-refractivity contribution in [2.45, 2.75) is 6.92 Å². The first-order chi connectivity index (χ1) is 6.02. The minimum absolute atomic E-state index is 0.453. The molecule has 1 aromatic carbocycles. The molecule has 0 unspecified atom stereocenters. The lowest BCUT2D eigenvalue weighted by atomic mass is 10.2. The van der Waals surface area contributed by atoms with Gasteiger partial charge in [0.15, 0.2) is 0 Å². The summed E-state index contributed by atoms with van der Waals surface area (Å²) in [7, 11) is 1.65. The average Bonchev–Trinajstić information content (AvgIpc) is 2.03. The summed E-state index contributed by atoms with van der Waals surface area (Å²) in [4.78, 5) is 12.3. The number of carbonyl (C=O) groups excluding carboxylic acids is 1. The van der Waals surface area contributed by atoms with E-state index in [9.17, 15) is 4.79 Å². The molecule has 0 aromatic heterocycles. The van der Waals surface area contributed by atoms with E-state index in [1.807, 2.05) is 25.1 Å². The quantitative estimate of drug-likeness (QED) is 0.807. The Bertz CT molecular complexity index is 338. The molecule has 70 valence electrons. The molecule has 0 spiro atoms. The van der Waals surface area contributed by atoms with E-state index in [1.54, 1.807) is 7.05 Å². The maximum atomic E-state index is 10.9. The second kappa shape index (κ2) is 3.79. The summed E-state index contributed by atoms with van der Waals surface area (Å²) in [5.74, 6) is 0. The second-order valence-corrected chi connectivity index (χ2v) is 3.74. The Balaban J connectivity index is 3.08. The van der Waals surface area contributed by atoms with E-state index in [0.29, 0.717) is 0 Å². The summed E-state index contributed by atoms with van der Waals surface area (Å²) < 4.78 is 0.992. The van der Waals surface area contributed by atoms with Gasteiger partial charge in [0.25, 0.3) is 0 Å². The van der Waals surface area contributed by atoms with Crippen LogP contribution in [0, 0.1) is 6.92 Å². The smallest absolute Gasteiger partial charge is 0.319 e. The van der Waals surface area contributed by atoms with Crippen LogP contribution < -0.4 is 10.6 Å². The standard InChI is InChI=1S/C9H11BrN2O/c1-6-5-7(10)3-4-8(6)12(2)9(11)13/h3-5H,1-2H3,(H2,11,13). The van der Waals surface area contributed by atoms with Crippen molar-refractivity contribution in [2.24, 2.45) is 5.73 Å². The number of halogens is 1. The highest BCUT2D eigenvalue weighted by molar-refractivity contribution is 9.10. The molecule has 0 saturated carbocycles. The molecule has 0 aliphatic rings. The predicted octanol–water partition coefficient (Wildman–Crippen LogP) is 2.27. The zero-order valence-electron chi connectivity index (χ0n) is 7.54. The number of aryl methyl sites for hydroxylation is 1. The molecule has 0 heterocycles. The number of carbonyl (C=O) groups is 1. The first kappa shape index (κ1) is 10.1.